The van der Waals surface area contributed by atoms with Crippen LogP contribution in [0.15, 0.2) is 30.6 Å². The van der Waals surface area contributed by atoms with Crippen molar-refractivity contribution in [2.24, 2.45) is 0 Å². The van der Waals surface area contributed by atoms with Gasteiger partial charge in [0.1, 0.15) is 5.82 Å². The van der Waals surface area contributed by atoms with E-state index in [9.17, 15) is 4.79 Å². The average Bonchev–Trinajstić information content (AvgIpc) is 2.29. The van der Waals surface area contributed by atoms with Crippen LogP contribution in [-0.4, -0.2) is 26.0 Å². The van der Waals surface area contributed by atoms with Gasteiger partial charge in [0.2, 0.25) is 0 Å². The maximum absolute atomic E-state index is 10.8. The number of carboxylic acid groups (broad SMARTS) is 1. The minimum atomic E-state index is -1.05. The first kappa shape index (κ1) is 10.2. The van der Waals surface area contributed by atoms with Crippen molar-refractivity contribution in [3.8, 4) is 11.3 Å². The second-order valence-electron chi connectivity index (χ2n) is 3.23. The number of hydrogen-bond donors (Lipinski definition) is 1. The Bertz CT molecular complexity index is 526. The molecule has 16 heavy (non-hydrogen) atoms. The van der Waals surface area contributed by atoms with E-state index in [1.54, 1.807) is 31.5 Å². The highest BCUT2D eigenvalue weighted by atomic mass is 16.4. The normalized spacial score (nSPS) is 10.1. The molecule has 0 spiro atoms. The zero-order valence-corrected chi connectivity index (χ0v) is 8.58. The third-order valence-electron chi connectivity index (χ3n) is 2.03. The lowest BCUT2D eigenvalue weighted by atomic mass is 10.1. The van der Waals surface area contributed by atoms with Crippen molar-refractivity contribution in [2.45, 2.75) is 6.92 Å². The first-order valence-electron chi connectivity index (χ1n) is 4.66. The quantitative estimate of drug-likeness (QED) is 0.822. The highest BCUT2D eigenvalue weighted by molar-refractivity contribution is 5.86. The molecule has 0 saturated carbocycles. The fourth-order valence-electron chi connectivity index (χ4n) is 1.35. The third-order valence-corrected chi connectivity index (χ3v) is 2.03. The first-order chi connectivity index (χ1) is 7.66. The molecule has 1 N–H and O–H groups in total. The Morgan fingerprint density at radius 3 is 2.56 bits per heavy atom. The van der Waals surface area contributed by atoms with Gasteiger partial charge in [-0.3, -0.25) is 4.98 Å². The molecule has 2 heterocycles. The van der Waals surface area contributed by atoms with Crippen LogP contribution in [0, 0.1) is 6.92 Å². The van der Waals surface area contributed by atoms with Crippen LogP contribution in [0.4, 0.5) is 0 Å². The fraction of sp³-hybridized carbons (Fsp3) is 0.0909. The summed E-state index contributed by atoms with van der Waals surface area (Å²) in [5, 5.41) is 8.88. The van der Waals surface area contributed by atoms with Gasteiger partial charge in [-0.2, -0.15) is 0 Å². The molecule has 0 aromatic carbocycles. The number of aryl methyl sites for hydroxylation is 1. The average molecular weight is 215 g/mol. The van der Waals surface area contributed by atoms with E-state index in [0.717, 1.165) is 5.56 Å². The van der Waals surface area contributed by atoms with Gasteiger partial charge >= 0.3 is 5.97 Å². The SMILES string of the molecule is Cc1nc(C(=O)O)cc(-c2ccncc2)n1. The molecule has 5 nitrogen and oxygen atoms in total. The van der Waals surface area contributed by atoms with Gasteiger partial charge < -0.3 is 5.11 Å². The van der Waals surface area contributed by atoms with Crippen LogP contribution >= 0.6 is 0 Å². The number of hydrogen-bond acceptors (Lipinski definition) is 4. The Kier molecular flexibility index (Phi) is 2.59. The molecule has 5 heteroatoms. The molecule has 0 fully saturated rings. The van der Waals surface area contributed by atoms with Gasteiger partial charge in [0.05, 0.1) is 5.69 Å². The lowest BCUT2D eigenvalue weighted by Gasteiger charge is -2.02. The van der Waals surface area contributed by atoms with Crippen molar-refractivity contribution >= 4 is 5.97 Å². The zero-order valence-electron chi connectivity index (χ0n) is 8.58. The Labute approximate surface area is 91.8 Å². The first-order valence-corrected chi connectivity index (χ1v) is 4.66. The van der Waals surface area contributed by atoms with Gasteiger partial charge in [0.15, 0.2) is 5.69 Å². The largest absolute Gasteiger partial charge is 0.477 e. The number of carboxylic acids is 1. The minimum Gasteiger partial charge on any atom is -0.477 e. The summed E-state index contributed by atoms with van der Waals surface area (Å²) in [5.74, 6) is -0.618. The number of aromatic carboxylic acids is 1. The van der Waals surface area contributed by atoms with E-state index < -0.39 is 5.97 Å². The standard InChI is InChI=1S/C11H9N3O2/c1-7-13-9(6-10(14-7)11(15)16)8-2-4-12-5-3-8/h2-6H,1H3,(H,15,16). The molecule has 2 aromatic rings. The summed E-state index contributed by atoms with van der Waals surface area (Å²) in [7, 11) is 0. The van der Waals surface area contributed by atoms with E-state index in [-0.39, 0.29) is 5.69 Å². The molecule has 0 amide bonds. The molecule has 0 radical (unpaired) electrons. The topological polar surface area (TPSA) is 76.0 Å². The summed E-state index contributed by atoms with van der Waals surface area (Å²) in [6.07, 6.45) is 3.26. The Balaban J connectivity index is 2.54. The molecule has 80 valence electrons. The highest BCUT2D eigenvalue weighted by Crippen LogP contribution is 2.16. The van der Waals surface area contributed by atoms with Crippen LogP contribution in [0.25, 0.3) is 11.3 Å². The molecule has 0 atom stereocenters. The third kappa shape index (κ3) is 2.03. The van der Waals surface area contributed by atoms with Crippen molar-refractivity contribution in [1.29, 1.82) is 0 Å². The molecule has 0 bridgehead atoms. The van der Waals surface area contributed by atoms with Crippen LogP contribution in [-0.2, 0) is 0 Å². The van der Waals surface area contributed by atoms with Crippen molar-refractivity contribution in [2.75, 3.05) is 0 Å². The maximum atomic E-state index is 10.8. The molecule has 2 rings (SSSR count). The van der Waals surface area contributed by atoms with Crippen LogP contribution < -0.4 is 0 Å². The van der Waals surface area contributed by atoms with E-state index in [1.807, 2.05) is 0 Å². The van der Waals surface area contributed by atoms with E-state index >= 15 is 0 Å². The monoisotopic (exact) mass is 215 g/mol. The van der Waals surface area contributed by atoms with Gasteiger partial charge in [-0.05, 0) is 25.1 Å². The Morgan fingerprint density at radius 2 is 1.94 bits per heavy atom. The predicted octanol–water partition coefficient (Wildman–Crippen LogP) is 1.55. The minimum absolute atomic E-state index is 0.000637. The predicted molar refractivity (Wildman–Crippen MR) is 57.0 cm³/mol. The lowest BCUT2D eigenvalue weighted by Crippen LogP contribution is -2.04. The molecular formula is C11H9N3O2. The van der Waals surface area contributed by atoms with Crippen LogP contribution in [0.1, 0.15) is 16.3 Å². The van der Waals surface area contributed by atoms with Crippen molar-refractivity contribution in [1.82, 2.24) is 15.0 Å². The summed E-state index contributed by atoms with van der Waals surface area (Å²) in [5.41, 5.74) is 1.41. The molecule has 0 aliphatic heterocycles. The van der Waals surface area contributed by atoms with E-state index in [0.29, 0.717) is 11.5 Å². The maximum Gasteiger partial charge on any atom is 0.354 e. The van der Waals surface area contributed by atoms with E-state index in [4.69, 9.17) is 5.11 Å². The van der Waals surface area contributed by atoms with Crippen LogP contribution in [0.2, 0.25) is 0 Å². The molecular weight excluding hydrogens is 206 g/mol. The molecule has 0 aliphatic carbocycles. The number of carbonyl (C=O) groups is 1. The summed E-state index contributed by atoms with van der Waals surface area (Å²) < 4.78 is 0. The second-order valence-corrected chi connectivity index (χ2v) is 3.23. The van der Waals surface area contributed by atoms with Gasteiger partial charge in [0.25, 0.3) is 0 Å². The number of nitrogens with zero attached hydrogens (tertiary/aromatic N) is 3. The summed E-state index contributed by atoms with van der Waals surface area (Å²) in [6.45, 7) is 1.66. The Morgan fingerprint density at radius 1 is 1.25 bits per heavy atom. The van der Waals surface area contributed by atoms with E-state index in [2.05, 4.69) is 15.0 Å². The number of pyridine rings is 1. The van der Waals surface area contributed by atoms with Gasteiger partial charge in [-0.1, -0.05) is 0 Å². The number of aromatic nitrogens is 3. The Hall–Kier alpha value is -2.30. The lowest BCUT2D eigenvalue weighted by molar-refractivity contribution is 0.0690. The van der Waals surface area contributed by atoms with Gasteiger partial charge in [0, 0.05) is 18.0 Å². The smallest absolute Gasteiger partial charge is 0.354 e. The van der Waals surface area contributed by atoms with Crippen molar-refractivity contribution in [3.63, 3.8) is 0 Å². The summed E-state index contributed by atoms with van der Waals surface area (Å²) >= 11 is 0. The second kappa shape index (κ2) is 4.06. The van der Waals surface area contributed by atoms with E-state index in [1.165, 1.54) is 6.07 Å². The zero-order chi connectivity index (χ0) is 11.5. The van der Waals surface area contributed by atoms with Crippen molar-refractivity contribution < 1.29 is 9.90 Å². The van der Waals surface area contributed by atoms with Gasteiger partial charge in [-0.25, -0.2) is 14.8 Å². The molecule has 0 saturated heterocycles. The summed E-state index contributed by atoms with van der Waals surface area (Å²) in [4.78, 5) is 22.7. The highest BCUT2D eigenvalue weighted by Gasteiger charge is 2.09. The van der Waals surface area contributed by atoms with Crippen LogP contribution in [0.3, 0.4) is 0 Å². The van der Waals surface area contributed by atoms with Crippen LogP contribution in [0.5, 0.6) is 0 Å². The summed E-state index contributed by atoms with van der Waals surface area (Å²) in [6, 6.07) is 4.99. The molecule has 0 unspecified atom stereocenters. The number of rotatable bonds is 2. The molecule has 2 aromatic heterocycles. The molecule has 0 aliphatic rings. The van der Waals surface area contributed by atoms with Crippen molar-refractivity contribution in [3.05, 3.63) is 42.1 Å². The van der Waals surface area contributed by atoms with Gasteiger partial charge in [-0.15, -0.1) is 0 Å². The fourth-order valence-corrected chi connectivity index (χ4v) is 1.35.